The van der Waals surface area contributed by atoms with E-state index < -0.39 is 5.82 Å². The first-order valence-corrected chi connectivity index (χ1v) is 5.56. The molecule has 0 unspecified atom stereocenters. The van der Waals surface area contributed by atoms with Gasteiger partial charge in [0.15, 0.2) is 17.3 Å². The number of hydrogen-bond acceptors (Lipinski definition) is 5. The third kappa shape index (κ3) is 1.66. The molecule has 2 aromatic rings. The van der Waals surface area contributed by atoms with Gasteiger partial charge in [0.1, 0.15) is 0 Å². The van der Waals surface area contributed by atoms with Crippen LogP contribution in [0.1, 0.15) is 6.42 Å². The van der Waals surface area contributed by atoms with Crippen LogP contribution in [0.5, 0.6) is 11.5 Å². The van der Waals surface area contributed by atoms with Crippen LogP contribution in [0.4, 0.5) is 10.3 Å². The van der Waals surface area contributed by atoms with E-state index >= 15 is 0 Å². The van der Waals surface area contributed by atoms with Gasteiger partial charge in [0.25, 0.3) is 0 Å². The van der Waals surface area contributed by atoms with Gasteiger partial charge in [-0.15, -0.1) is 0 Å². The molecule has 0 radical (unpaired) electrons. The summed E-state index contributed by atoms with van der Waals surface area (Å²) in [7, 11) is 0. The highest BCUT2D eigenvalue weighted by molar-refractivity contribution is 5.74. The molecule has 1 aromatic heterocycles. The quantitative estimate of drug-likeness (QED) is 0.840. The molecule has 2 N–H and O–H groups in total. The summed E-state index contributed by atoms with van der Waals surface area (Å²) < 4.78 is 29.8. The number of benzene rings is 1. The predicted octanol–water partition coefficient (Wildman–Crippen LogP) is 2.22. The third-order valence-electron chi connectivity index (χ3n) is 2.74. The van der Waals surface area contributed by atoms with Crippen molar-refractivity contribution >= 4 is 5.88 Å². The fourth-order valence-corrected chi connectivity index (χ4v) is 1.86. The van der Waals surface area contributed by atoms with Gasteiger partial charge in [0.05, 0.1) is 25.0 Å². The van der Waals surface area contributed by atoms with Crippen molar-refractivity contribution in [2.75, 3.05) is 18.9 Å². The van der Waals surface area contributed by atoms with Crippen molar-refractivity contribution in [2.24, 2.45) is 0 Å². The topological polar surface area (TPSA) is 70.5 Å². The molecule has 0 fully saturated rings. The zero-order valence-corrected chi connectivity index (χ0v) is 9.48. The van der Waals surface area contributed by atoms with Crippen LogP contribution in [0.25, 0.3) is 11.1 Å². The molecule has 0 atom stereocenters. The van der Waals surface area contributed by atoms with E-state index in [4.69, 9.17) is 19.7 Å². The minimum absolute atomic E-state index is 0.0726. The Morgan fingerprint density at radius 3 is 2.78 bits per heavy atom. The van der Waals surface area contributed by atoms with Crippen LogP contribution >= 0.6 is 0 Å². The molecule has 0 bridgehead atoms. The first-order valence-electron chi connectivity index (χ1n) is 5.56. The molecule has 5 nitrogen and oxygen atoms in total. The van der Waals surface area contributed by atoms with Crippen molar-refractivity contribution in [3.8, 4) is 22.6 Å². The normalized spacial score (nSPS) is 14.3. The SMILES string of the molecule is Nc1oncc1-c1ccc2c(c1F)OCCCO2. The smallest absolute Gasteiger partial charge is 0.230 e. The second kappa shape index (κ2) is 4.21. The Kier molecular flexibility index (Phi) is 2.55. The minimum Gasteiger partial charge on any atom is -0.489 e. The summed E-state index contributed by atoms with van der Waals surface area (Å²) in [5.74, 6) is 0.0852. The van der Waals surface area contributed by atoms with Crippen LogP contribution in [0.2, 0.25) is 0 Å². The minimum atomic E-state index is -0.510. The highest BCUT2D eigenvalue weighted by atomic mass is 19.1. The van der Waals surface area contributed by atoms with Gasteiger partial charge in [-0.3, -0.25) is 0 Å². The van der Waals surface area contributed by atoms with Gasteiger partial charge in [-0.2, -0.15) is 0 Å². The molecular weight excluding hydrogens is 239 g/mol. The Bertz CT molecular complexity index is 583. The molecule has 0 saturated heterocycles. The lowest BCUT2D eigenvalue weighted by atomic mass is 10.1. The Morgan fingerprint density at radius 1 is 1.17 bits per heavy atom. The number of nitrogens with zero attached hydrogens (tertiary/aromatic N) is 1. The fourth-order valence-electron chi connectivity index (χ4n) is 1.86. The van der Waals surface area contributed by atoms with Crippen molar-refractivity contribution in [1.29, 1.82) is 0 Å². The standard InChI is InChI=1S/C12H11FN2O3/c13-10-7(8-6-15-18-12(8)14)2-3-9-11(10)17-5-1-4-16-9/h2-3,6H,1,4-5,14H2. The molecule has 94 valence electrons. The third-order valence-corrected chi connectivity index (χ3v) is 2.74. The molecule has 1 aliphatic heterocycles. The maximum absolute atomic E-state index is 14.3. The summed E-state index contributed by atoms with van der Waals surface area (Å²) in [4.78, 5) is 0. The number of anilines is 1. The molecule has 0 spiro atoms. The van der Waals surface area contributed by atoms with Gasteiger partial charge in [-0.05, 0) is 12.1 Å². The largest absolute Gasteiger partial charge is 0.489 e. The Balaban J connectivity index is 2.13. The van der Waals surface area contributed by atoms with Crippen molar-refractivity contribution in [3.63, 3.8) is 0 Å². The van der Waals surface area contributed by atoms with E-state index in [0.29, 0.717) is 24.5 Å². The van der Waals surface area contributed by atoms with E-state index in [2.05, 4.69) is 5.16 Å². The zero-order chi connectivity index (χ0) is 12.5. The lowest BCUT2D eigenvalue weighted by Gasteiger charge is -2.10. The summed E-state index contributed by atoms with van der Waals surface area (Å²) in [6.45, 7) is 0.938. The molecule has 0 amide bonds. The number of fused-ring (bicyclic) bond motifs is 1. The number of rotatable bonds is 1. The van der Waals surface area contributed by atoms with Gasteiger partial charge in [-0.25, -0.2) is 4.39 Å². The molecule has 1 aromatic carbocycles. The molecular formula is C12H11FN2O3. The molecule has 2 heterocycles. The summed E-state index contributed by atoms with van der Waals surface area (Å²) >= 11 is 0. The van der Waals surface area contributed by atoms with Crippen molar-refractivity contribution < 1.29 is 18.4 Å². The zero-order valence-electron chi connectivity index (χ0n) is 9.48. The number of hydrogen-bond donors (Lipinski definition) is 1. The van der Waals surface area contributed by atoms with Gasteiger partial charge < -0.3 is 19.7 Å². The average Bonchev–Trinajstić information content (AvgIpc) is 2.65. The maximum Gasteiger partial charge on any atom is 0.230 e. The Labute approximate surface area is 102 Å². The summed E-state index contributed by atoms with van der Waals surface area (Å²) in [6.07, 6.45) is 2.09. The van der Waals surface area contributed by atoms with Gasteiger partial charge in [0, 0.05) is 12.0 Å². The lowest BCUT2D eigenvalue weighted by molar-refractivity contribution is 0.292. The van der Waals surface area contributed by atoms with Gasteiger partial charge >= 0.3 is 0 Å². The highest BCUT2D eigenvalue weighted by Crippen LogP contribution is 2.39. The van der Waals surface area contributed by atoms with Crippen LogP contribution < -0.4 is 15.2 Å². The first kappa shape index (κ1) is 10.9. The predicted molar refractivity (Wildman–Crippen MR) is 61.9 cm³/mol. The summed E-state index contributed by atoms with van der Waals surface area (Å²) in [5.41, 5.74) is 6.28. The second-order valence-corrected chi connectivity index (χ2v) is 3.91. The van der Waals surface area contributed by atoms with Crippen molar-refractivity contribution in [3.05, 3.63) is 24.1 Å². The molecule has 0 saturated carbocycles. The summed E-state index contributed by atoms with van der Waals surface area (Å²) in [6, 6.07) is 3.23. The first-order chi connectivity index (χ1) is 8.77. The average molecular weight is 250 g/mol. The van der Waals surface area contributed by atoms with E-state index in [1.54, 1.807) is 12.1 Å². The molecule has 18 heavy (non-hydrogen) atoms. The van der Waals surface area contributed by atoms with Crippen LogP contribution in [0.3, 0.4) is 0 Å². The Morgan fingerprint density at radius 2 is 2.00 bits per heavy atom. The molecule has 6 heteroatoms. The number of nitrogens with two attached hydrogens (primary N) is 1. The van der Waals surface area contributed by atoms with Crippen LogP contribution in [0.15, 0.2) is 22.9 Å². The number of halogens is 1. The van der Waals surface area contributed by atoms with E-state index in [0.717, 1.165) is 6.42 Å². The van der Waals surface area contributed by atoms with E-state index in [1.807, 2.05) is 0 Å². The van der Waals surface area contributed by atoms with Crippen molar-refractivity contribution in [1.82, 2.24) is 5.16 Å². The summed E-state index contributed by atoms with van der Waals surface area (Å²) in [5, 5.41) is 3.53. The van der Waals surface area contributed by atoms with Crippen LogP contribution in [0, 0.1) is 5.82 Å². The molecule has 3 rings (SSSR count). The van der Waals surface area contributed by atoms with E-state index in [1.165, 1.54) is 6.20 Å². The van der Waals surface area contributed by atoms with E-state index in [9.17, 15) is 4.39 Å². The van der Waals surface area contributed by atoms with E-state index in [-0.39, 0.29) is 17.2 Å². The molecule has 0 aliphatic carbocycles. The highest BCUT2D eigenvalue weighted by Gasteiger charge is 2.21. The number of aromatic nitrogens is 1. The lowest BCUT2D eigenvalue weighted by Crippen LogP contribution is -1.98. The molecule has 1 aliphatic rings. The monoisotopic (exact) mass is 250 g/mol. The van der Waals surface area contributed by atoms with Gasteiger partial charge in [-0.1, -0.05) is 5.16 Å². The second-order valence-electron chi connectivity index (χ2n) is 3.91. The van der Waals surface area contributed by atoms with Crippen LogP contribution in [-0.2, 0) is 0 Å². The fraction of sp³-hybridized carbons (Fsp3) is 0.250. The number of ether oxygens (including phenoxy) is 2. The van der Waals surface area contributed by atoms with Crippen LogP contribution in [-0.4, -0.2) is 18.4 Å². The van der Waals surface area contributed by atoms with Crippen molar-refractivity contribution in [2.45, 2.75) is 6.42 Å². The number of nitrogen functional groups attached to an aromatic ring is 1. The Hall–Kier alpha value is -2.24. The maximum atomic E-state index is 14.3. The van der Waals surface area contributed by atoms with Gasteiger partial charge in [0.2, 0.25) is 5.88 Å².